The molecule has 1 amide bonds. The largest absolute Gasteiger partial charge is 0.395 e. The third-order valence-corrected chi connectivity index (χ3v) is 2.73. The standard InChI is InChI=1S/C10H20N2O2/c1-8-4-3-5-9(11-8)10(14)12(2)6-7-13/h8-9,11,13H,3-7H2,1-2H3. The minimum Gasteiger partial charge on any atom is -0.395 e. The van der Waals surface area contributed by atoms with Crippen molar-refractivity contribution in [3.05, 3.63) is 0 Å². The van der Waals surface area contributed by atoms with E-state index in [2.05, 4.69) is 12.2 Å². The summed E-state index contributed by atoms with van der Waals surface area (Å²) in [4.78, 5) is 13.4. The van der Waals surface area contributed by atoms with E-state index < -0.39 is 0 Å². The predicted octanol–water partition coefficient (Wildman–Crippen LogP) is -0.0323. The summed E-state index contributed by atoms with van der Waals surface area (Å²) in [5.41, 5.74) is 0. The summed E-state index contributed by atoms with van der Waals surface area (Å²) in [6.07, 6.45) is 3.17. The van der Waals surface area contributed by atoms with Crippen molar-refractivity contribution in [2.24, 2.45) is 0 Å². The van der Waals surface area contributed by atoms with Crippen LogP contribution in [0.1, 0.15) is 26.2 Å². The molecule has 14 heavy (non-hydrogen) atoms. The van der Waals surface area contributed by atoms with Gasteiger partial charge in [0.15, 0.2) is 0 Å². The van der Waals surface area contributed by atoms with Crippen molar-refractivity contribution in [2.75, 3.05) is 20.2 Å². The fraction of sp³-hybridized carbons (Fsp3) is 0.900. The molecule has 0 aromatic rings. The molecule has 0 aromatic carbocycles. The van der Waals surface area contributed by atoms with Crippen molar-refractivity contribution in [2.45, 2.75) is 38.3 Å². The Morgan fingerprint density at radius 2 is 2.29 bits per heavy atom. The highest BCUT2D eigenvalue weighted by Crippen LogP contribution is 2.13. The smallest absolute Gasteiger partial charge is 0.239 e. The van der Waals surface area contributed by atoms with E-state index in [0.717, 1.165) is 19.3 Å². The summed E-state index contributed by atoms with van der Waals surface area (Å²) < 4.78 is 0. The molecule has 0 aliphatic carbocycles. The van der Waals surface area contributed by atoms with Gasteiger partial charge in [0.2, 0.25) is 5.91 Å². The van der Waals surface area contributed by atoms with Gasteiger partial charge in [0, 0.05) is 19.6 Å². The van der Waals surface area contributed by atoms with Crippen LogP contribution in [0.15, 0.2) is 0 Å². The normalized spacial score (nSPS) is 27.4. The molecule has 1 aliphatic heterocycles. The molecule has 82 valence electrons. The molecule has 0 spiro atoms. The molecule has 0 saturated carbocycles. The number of aliphatic hydroxyl groups is 1. The maximum atomic E-state index is 11.8. The van der Waals surface area contributed by atoms with Crippen LogP contribution in [0.25, 0.3) is 0 Å². The van der Waals surface area contributed by atoms with Gasteiger partial charge in [-0.2, -0.15) is 0 Å². The molecule has 1 saturated heterocycles. The number of carbonyl (C=O) groups is 1. The number of carbonyl (C=O) groups excluding carboxylic acids is 1. The Hall–Kier alpha value is -0.610. The van der Waals surface area contributed by atoms with Crippen LogP contribution in [-0.2, 0) is 4.79 Å². The number of amides is 1. The summed E-state index contributed by atoms with van der Waals surface area (Å²) in [5.74, 6) is 0.102. The van der Waals surface area contributed by atoms with Gasteiger partial charge in [0.1, 0.15) is 0 Å². The minimum absolute atomic E-state index is 0.0323. The maximum absolute atomic E-state index is 11.8. The van der Waals surface area contributed by atoms with E-state index in [-0.39, 0.29) is 18.6 Å². The van der Waals surface area contributed by atoms with Crippen LogP contribution in [0.3, 0.4) is 0 Å². The molecular weight excluding hydrogens is 180 g/mol. The third kappa shape index (κ3) is 2.96. The van der Waals surface area contributed by atoms with Gasteiger partial charge in [-0.25, -0.2) is 0 Å². The highest BCUT2D eigenvalue weighted by molar-refractivity contribution is 5.81. The first-order chi connectivity index (χ1) is 6.65. The van der Waals surface area contributed by atoms with Crippen molar-refractivity contribution in [1.82, 2.24) is 10.2 Å². The van der Waals surface area contributed by atoms with Gasteiger partial charge in [0.05, 0.1) is 12.6 Å². The lowest BCUT2D eigenvalue weighted by Crippen LogP contribution is -2.50. The van der Waals surface area contributed by atoms with Gasteiger partial charge in [-0.05, 0) is 26.2 Å². The van der Waals surface area contributed by atoms with Gasteiger partial charge in [0.25, 0.3) is 0 Å². The van der Waals surface area contributed by atoms with E-state index in [1.54, 1.807) is 11.9 Å². The maximum Gasteiger partial charge on any atom is 0.239 e. The van der Waals surface area contributed by atoms with Crippen molar-refractivity contribution >= 4 is 5.91 Å². The van der Waals surface area contributed by atoms with Gasteiger partial charge >= 0.3 is 0 Å². The van der Waals surface area contributed by atoms with Crippen molar-refractivity contribution in [3.8, 4) is 0 Å². The molecule has 0 bridgehead atoms. The Morgan fingerprint density at radius 3 is 2.86 bits per heavy atom. The van der Waals surface area contributed by atoms with Crippen LogP contribution in [0.2, 0.25) is 0 Å². The van der Waals surface area contributed by atoms with Gasteiger partial charge in [-0.1, -0.05) is 0 Å². The van der Waals surface area contributed by atoms with Gasteiger partial charge < -0.3 is 15.3 Å². The second-order valence-corrected chi connectivity index (χ2v) is 4.03. The van der Waals surface area contributed by atoms with Gasteiger partial charge in [-0.3, -0.25) is 4.79 Å². The second-order valence-electron chi connectivity index (χ2n) is 4.03. The third-order valence-electron chi connectivity index (χ3n) is 2.73. The van der Waals surface area contributed by atoms with Gasteiger partial charge in [-0.15, -0.1) is 0 Å². The lowest BCUT2D eigenvalue weighted by molar-refractivity contribution is -0.133. The van der Waals surface area contributed by atoms with E-state index in [4.69, 9.17) is 5.11 Å². The van der Waals surface area contributed by atoms with E-state index in [0.29, 0.717) is 12.6 Å². The SMILES string of the molecule is CC1CCCC(C(=O)N(C)CCO)N1. The number of rotatable bonds is 3. The average molecular weight is 200 g/mol. The first kappa shape index (κ1) is 11.5. The highest BCUT2D eigenvalue weighted by atomic mass is 16.3. The van der Waals surface area contributed by atoms with Crippen LogP contribution < -0.4 is 5.32 Å². The molecule has 1 heterocycles. The van der Waals surface area contributed by atoms with Crippen LogP contribution in [-0.4, -0.2) is 48.2 Å². The Kier molecular flexibility index (Phi) is 4.35. The fourth-order valence-electron chi connectivity index (χ4n) is 1.86. The van der Waals surface area contributed by atoms with Crippen molar-refractivity contribution < 1.29 is 9.90 Å². The first-order valence-corrected chi connectivity index (χ1v) is 5.27. The summed E-state index contributed by atoms with van der Waals surface area (Å²) in [6, 6.07) is 0.385. The molecule has 2 unspecified atom stereocenters. The number of aliphatic hydroxyl groups excluding tert-OH is 1. The van der Waals surface area contributed by atoms with E-state index >= 15 is 0 Å². The second kappa shape index (κ2) is 5.32. The van der Waals surface area contributed by atoms with E-state index in [1.165, 1.54) is 0 Å². The van der Waals surface area contributed by atoms with Crippen LogP contribution in [0, 0.1) is 0 Å². The molecular formula is C10H20N2O2. The number of piperidine rings is 1. The summed E-state index contributed by atoms with van der Waals surface area (Å²) >= 11 is 0. The minimum atomic E-state index is -0.0460. The number of nitrogens with one attached hydrogen (secondary N) is 1. The predicted molar refractivity (Wildman–Crippen MR) is 55.0 cm³/mol. The summed E-state index contributed by atoms with van der Waals surface area (Å²) in [7, 11) is 1.74. The zero-order valence-corrected chi connectivity index (χ0v) is 8.99. The summed E-state index contributed by atoms with van der Waals surface area (Å²) in [5, 5.41) is 12.0. The molecule has 2 N–H and O–H groups in total. The molecule has 4 nitrogen and oxygen atoms in total. The topological polar surface area (TPSA) is 52.6 Å². The van der Waals surface area contributed by atoms with Crippen molar-refractivity contribution in [3.63, 3.8) is 0 Å². The molecule has 4 heteroatoms. The van der Waals surface area contributed by atoms with E-state index in [9.17, 15) is 4.79 Å². The number of nitrogens with zero attached hydrogens (tertiary/aromatic N) is 1. The lowest BCUT2D eigenvalue weighted by atomic mass is 9.99. The molecule has 0 aromatic heterocycles. The monoisotopic (exact) mass is 200 g/mol. The Balaban J connectivity index is 2.42. The Labute approximate surface area is 85.3 Å². The molecule has 2 atom stereocenters. The van der Waals surface area contributed by atoms with Crippen molar-refractivity contribution in [1.29, 1.82) is 0 Å². The molecule has 1 aliphatic rings. The van der Waals surface area contributed by atoms with E-state index in [1.807, 2.05) is 0 Å². The summed E-state index contributed by atoms with van der Waals surface area (Å²) in [6.45, 7) is 2.56. The molecule has 1 fully saturated rings. The highest BCUT2D eigenvalue weighted by Gasteiger charge is 2.25. The number of likely N-dealkylation sites (N-methyl/N-ethyl adjacent to an activating group) is 1. The fourth-order valence-corrected chi connectivity index (χ4v) is 1.86. The number of hydrogen-bond donors (Lipinski definition) is 2. The molecule has 1 rings (SSSR count). The zero-order chi connectivity index (χ0) is 10.6. The quantitative estimate of drug-likeness (QED) is 0.672. The van der Waals surface area contributed by atoms with Crippen LogP contribution in [0.4, 0.5) is 0 Å². The number of hydrogen-bond acceptors (Lipinski definition) is 3. The van der Waals surface area contributed by atoms with Crippen LogP contribution >= 0.6 is 0 Å². The Bertz CT molecular complexity index is 197. The Morgan fingerprint density at radius 1 is 1.57 bits per heavy atom. The molecule has 0 radical (unpaired) electrons. The first-order valence-electron chi connectivity index (χ1n) is 5.27. The lowest BCUT2D eigenvalue weighted by Gasteiger charge is -2.30. The average Bonchev–Trinajstić information content (AvgIpc) is 2.17. The zero-order valence-electron chi connectivity index (χ0n) is 8.99. The van der Waals surface area contributed by atoms with Crippen LogP contribution in [0.5, 0.6) is 0 Å².